The lowest BCUT2D eigenvalue weighted by Gasteiger charge is -2.56. The molecular formula is C112H219N17. The molecule has 6 heterocycles. The lowest BCUT2D eigenvalue weighted by molar-refractivity contribution is -0.0135. The lowest BCUT2D eigenvalue weighted by Crippen LogP contribution is -2.63. The third kappa shape index (κ3) is 40.7. The van der Waals surface area contributed by atoms with Crippen LogP contribution in [0, 0.1) is 0 Å². The smallest absolute Gasteiger partial charge is 0.232 e. The van der Waals surface area contributed by atoms with Crippen molar-refractivity contribution in [2.45, 2.75) is 599 Å². The number of hydrogen-bond donors (Lipinski definition) is 2. The molecule has 2 aromatic rings. The van der Waals surface area contributed by atoms with E-state index in [-0.39, 0.29) is 44.3 Å². The first-order valence-corrected chi connectivity index (χ1v) is 56.2. The van der Waals surface area contributed by atoms with Gasteiger partial charge in [0.25, 0.3) is 0 Å². The fourth-order valence-corrected chi connectivity index (χ4v) is 23.6. The zero-order valence-electron chi connectivity index (χ0n) is 90.8. The highest BCUT2D eigenvalue weighted by Crippen LogP contribution is 2.46. The molecule has 0 radical (unpaired) electrons. The van der Waals surface area contributed by atoms with Crippen molar-refractivity contribution in [3.05, 3.63) is 0 Å². The molecule has 2 aromatic heterocycles. The van der Waals surface area contributed by atoms with Crippen LogP contribution >= 0.6 is 0 Å². The molecule has 0 amide bonds. The van der Waals surface area contributed by atoms with Crippen LogP contribution in [-0.2, 0) is 0 Å². The van der Waals surface area contributed by atoms with Crippen molar-refractivity contribution in [3.63, 3.8) is 0 Å². The average Bonchev–Trinajstić information content (AvgIpc) is 0.770. The molecule has 17 nitrogen and oxygen atoms in total. The van der Waals surface area contributed by atoms with E-state index in [0.29, 0.717) is 24.2 Å². The summed E-state index contributed by atoms with van der Waals surface area (Å²) in [6.07, 6.45) is 76.8. The van der Waals surface area contributed by atoms with E-state index in [4.69, 9.17) is 29.9 Å². The topological polar surface area (TPSA) is 131 Å². The Hall–Kier alpha value is -3.38. The Morgan fingerprint density at radius 1 is 0.209 bits per heavy atom. The monoisotopic (exact) mass is 1800 g/mol. The first kappa shape index (κ1) is 114. The van der Waals surface area contributed by atoms with Gasteiger partial charge in [-0.05, 0) is 255 Å². The summed E-state index contributed by atoms with van der Waals surface area (Å²) in [4.78, 5) is 59.1. The number of unbranched alkanes of at least 4 members (excludes halogenated alkanes) is 45. The van der Waals surface area contributed by atoms with Crippen molar-refractivity contribution in [2.24, 2.45) is 0 Å². The van der Waals surface area contributed by atoms with Gasteiger partial charge in [0.1, 0.15) is 0 Å². The third-order valence-corrected chi connectivity index (χ3v) is 32.9. The van der Waals surface area contributed by atoms with Crippen LogP contribution in [0.3, 0.4) is 0 Å². The second kappa shape index (κ2) is 59.7. The molecule has 0 aliphatic carbocycles. The SMILES string of the molecule is CCCCCCCCCCCCN(CCCNc1nc(N(CCCCCCCCCCCC)C2CC(C)(C)N(C)C(C)(C)C2)nc(N(CCCCCCCCCCCC)C2CC(C)(C)N(C)C(C)(C)C2)n1)CCCNc1nc(N(CCCCCCCCCCCC)C2CC(C)(C)N(C)C(C)(C)C2)nc(N(CCCCCCCCCCCC)C2CC(C)(C)N(C)C(C)(C)C2)n1. The molecule has 0 spiro atoms. The minimum atomic E-state index is 0.00680. The molecule has 0 atom stereocenters. The van der Waals surface area contributed by atoms with Crippen molar-refractivity contribution in [3.8, 4) is 0 Å². The normalized spacial score (nSPS) is 19.1. The van der Waals surface area contributed by atoms with Crippen molar-refractivity contribution in [1.82, 2.24) is 54.4 Å². The van der Waals surface area contributed by atoms with E-state index in [1.165, 1.54) is 295 Å². The van der Waals surface area contributed by atoms with Gasteiger partial charge >= 0.3 is 0 Å². The molecule has 2 N–H and O–H groups in total. The Balaban J connectivity index is 1.38. The summed E-state index contributed by atoms with van der Waals surface area (Å²) >= 11 is 0. The van der Waals surface area contributed by atoms with Gasteiger partial charge in [0.05, 0.1) is 0 Å². The Labute approximate surface area is 801 Å². The first-order valence-electron chi connectivity index (χ1n) is 56.2. The maximum absolute atomic E-state index is 5.92. The van der Waals surface area contributed by atoms with Crippen LogP contribution in [0.5, 0.6) is 0 Å². The summed E-state index contributed by atoms with van der Waals surface area (Å²) in [7, 11) is 9.48. The number of anilines is 6. The van der Waals surface area contributed by atoms with Gasteiger partial charge in [-0.15, -0.1) is 0 Å². The van der Waals surface area contributed by atoms with Gasteiger partial charge in [0.2, 0.25) is 35.7 Å². The lowest BCUT2D eigenvalue weighted by atomic mass is 9.77. The Kier molecular flexibility index (Phi) is 52.9. The third-order valence-electron chi connectivity index (χ3n) is 32.9. The number of piperidine rings is 4. The second-order valence-corrected chi connectivity index (χ2v) is 47.6. The summed E-state index contributed by atoms with van der Waals surface area (Å²) in [5.74, 6) is 5.07. The molecule has 0 unspecified atom stereocenters. The molecule has 0 aromatic carbocycles. The molecule has 4 fully saturated rings. The van der Waals surface area contributed by atoms with Crippen LogP contribution in [-0.4, -0.2) is 210 Å². The highest BCUT2D eigenvalue weighted by Gasteiger charge is 2.50. The molecule has 6 rings (SSSR count). The quantitative estimate of drug-likeness (QED) is 0.0609. The van der Waals surface area contributed by atoms with E-state index in [1.807, 2.05) is 0 Å². The second-order valence-electron chi connectivity index (χ2n) is 47.6. The van der Waals surface area contributed by atoms with E-state index < -0.39 is 0 Å². The zero-order valence-corrected chi connectivity index (χ0v) is 90.8. The van der Waals surface area contributed by atoms with E-state index in [9.17, 15) is 0 Å². The van der Waals surface area contributed by atoms with Gasteiger partial charge in [-0.1, -0.05) is 324 Å². The number of rotatable bonds is 73. The zero-order chi connectivity index (χ0) is 94.4. The number of aromatic nitrogens is 6. The van der Waals surface area contributed by atoms with Gasteiger partial charge in [0, 0.05) is 108 Å². The molecule has 0 saturated carbocycles. The minimum Gasteiger partial charge on any atom is -0.354 e. The highest BCUT2D eigenvalue weighted by molar-refractivity contribution is 5.49. The average molecular weight is 1800 g/mol. The van der Waals surface area contributed by atoms with Crippen molar-refractivity contribution >= 4 is 35.7 Å². The Bertz CT molecular complexity index is 2760. The summed E-state index contributed by atoms with van der Waals surface area (Å²) < 4.78 is 0. The summed E-state index contributed by atoms with van der Waals surface area (Å²) in [5.41, 5.74) is 0.0544. The first-order chi connectivity index (χ1) is 61.5. The van der Waals surface area contributed by atoms with Crippen molar-refractivity contribution in [1.29, 1.82) is 0 Å². The van der Waals surface area contributed by atoms with Gasteiger partial charge in [-0.2, -0.15) is 29.9 Å². The number of likely N-dealkylation sites (tertiary alicyclic amines) is 4. The standard InChI is InChI=1S/C112H219N17/c1-26-31-36-41-46-51-56-61-66-71-80-125(81-76-78-113-99-115-101(126(83-72-67-62-57-52-47-42-37-32-27-2)95-87-105(6,7)121(22)106(8,9)88-95)119-102(116-99)127(84-73-68-63-58-53-48-43-38-33-28-3)96-89-107(10,11)122(23)108(12,13)90-96)82-77-79-114-100-117-103(128(85-74-69-64-59-54-49-44-39-34-29-4)97-91-109(14,15)123(24)110(16,17)92-97)120-104(118-100)129(86-75-70-65-60-55-50-45-40-35-30-5)98-93-111(18,19)124(25)112(20,21)94-98/h95-98H,26-94H2,1-25H3,(H,113,115,116,119)(H,114,117,118,120). The van der Waals surface area contributed by atoms with Gasteiger partial charge in [-0.25, -0.2) is 0 Å². The number of nitrogens with zero attached hydrogens (tertiary/aromatic N) is 15. The molecular weight excluding hydrogens is 1580 g/mol. The van der Waals surface area contributed by atoms with Gasteiger partial charge in [-0.3, -0.25) is 19.6 Å². The van der Waals surface area contributed by atoms with Crippen LogP contribution in [0.15, 0.2) is 0 Å². The maximum atomic E-state index is 5.92. The molecule has 752 valence electrons. The van der Waals surface area contributed by atoms with E-state index in [1.54, 1.807) is 0 Å². The fourth-order valence-electron chi connectivity index (χ4n) is 23.6. The van der Waals surface area contributed by atoms with Crippen molar-refractivity contribution in [2.75, 3.05) is 117 Å². The van der Waals surface area contributed by atoms with Crippen LogP contribution < -0.4 is 30.2 Å². The number of nitrogens with one attached hydrogen (secondary N) is 2. The van der Waals surface area contributed by atoms with E-state index in [2.05, 4.69) is 228 Å². The highest BCUT2D eigenvalue weighted by atomic mass is 15.4. The largest absolute Gasteiger partial charge is 0.354 e. The molecule has 129 heavy (non-hydrogen) atoms. The number of hydrogen-bond acceptors (Lipinski definition) is 17. The summed E-state index contributed by atoms with van der Waals surface area (Å²) in [5, 5.41) is 8.09. The Morgan fingerprint density at radius 3 is 0.527 bits per heavy atom. The van der Waals surface area contributed by atoms with Crippen LogP contribution in [0.4, 0.5) is 35.7 Å². The van der Waals surface area contributed by atoms with Crippen LogP contribution in [0.2, 0.25) is 0 Å². The minimum absolute atomic E-state index is 0.00680. The van der Waals surface area contributed by atoms with E-state index in [0.717, 1.165) is 184 Å². The van der Waals surface area contributed by atoms with Gasteiger partial charge < -0.3 is 35.1 Å². The summed E-state index contributed by atoms with van der Waals surface area (Å²) in [6, 6.07) is 1.18. The maximum Gasteiger partial charge on any atom is 0.232 e. The molecule has 0 bridgehead atoms. The van der Waals surface area contributed by atoms with Crippen LogP contribution in [0.25, 0.3) is 0 Å². The molecule has 4 saturated heterocycles. The molecule has 4 aliphatic rings. The van der Waals surface area contributed by atoms with E-state index >= 15 is 0 Å². The van der Waals surface area contributed by atoms with Crippen molar-refractivity contribution < 1.29 is 0 Å². The fraction of sp³-hybridized carbons (Fsp3) is 0.946. The van der Waals surface area contributed by atoms with Gasteiger partial charge in [0.15, 0.2) is 0 Å². The predicted molar refractivity (Wildman–Crippen MR) is 567 cm³/mol. The summed E-state index contributed by atoms with van der Waals surface area (Å²) in [6.45, 7) is 60.0. The Morgan fingerprint density at radius 2 is 0.357 bits per heavy atom. The predicted octanol–water partition coefficient (Wildman–Crippen LogP) is 30.1. The van der Waals surface area contributed by atoms with Crippen LogP contribution in [0.1, 0.15) is 531 Å². The molecule has 4 aliphatic heterocycles. The molecule has 17 heteroatoms.